The van der Waals surface area contributed by atoms with Gasteiger partial charge in [-0.15, -0.1) is 0 Å². The van der Waals surface area contributed by atoms with Gasteiger partial charge >= 0.3 is 0 Å². The number of nitrogens with zero attached hydrogens (tertiary/aromatic N) is 2. The maximum absolute atomic E-state index is 12.2. The van der Waals surface area contributed by atoms with Crippen molar-refractivity contribution >= 4 is 23.7 Å². The van der Waals surface area contributed by atoms with Crippen LogP contribution in [-0.2, 0) is 9.59 Å². The molecule has 1 N–H and O–H groups in total. The lowest BCUT2D eigenvalue weighted by molar-refractivity contribution is -0.126. The number of hydrogen-bond acceptors (Lipinski definition) is 4. The number of benzene rings is 2. The van der Waals surface area contributed by atoms with Gasteiger partial charge in [0.05, 0.1) is 19.2 Å². The Hall–Kier alpha value is -3.15. The Bertz CT molecular complexity index is 772. The molecule has 1 heterocycles. The van der Waals surface area contributed by atoms with Crippen LogP contribution in [0.25, 0.3) is 0 Å². The van der Waals surface area contributed by atoms with Gasteiger partial charge < -0.3 is 9.64 Å². The molecule has 6 heteroatoms. The van der Waals surface area contributed by atoms with Gasteiger partial charge in [-0.25, -0.2) is 5.43 Å². The number of anilines is 1. The molecule has 0 aromatic heterocycles. The molecular weight excluding hydrogens is 318 g/mol. The lowest BCUT2D eigenvalue weighted by Gasteiger charge is -2.16. The Morgan fingerprint density at radius 1 is 1.20 bits per heavy atom. The first-order valence-electron chi connectivity index (χ1n) is 8.00. The van der Waals surface area contributed by atoms with E-state index < -0.39 is 5.92 Å². The Morgan fingerprint density at radius 2 is 1.92 bits per heavy atom. The van der Waals surface area contributed by atoms with Crippen LogP contribution >= 0.6 is 0 Å². The summed E-state index contributed by atoms with van der Waals surface area (Å²) in [4.78, 5) is 26.0. The normalized spacial score (nSPS) is 17.1. The van der Waals surface area contributed by atoms with E-state index in [4.69, 9.17) is 4.74 Å². The smallest absolute Gasteiger partial charge is 0.245 e. The molecule has 0 aliphatic carbocycles. The van der Waals surface area contributed by atoms with Crippen LogP contribution in [-0.4, -0.2) is 31.7 Å². The number of methoxy groups -OCH3 is 1. The maximum atomic E-state index is 12.2. The SMILES string of the molecule is COc1ccc(/C=N/NC(=O)C2CC(=O)N(c3ccccc3)C2)cc1. The van der Waals surface area contributed by atoms with Crippen LogP contribution in [0.3, 0.4) is 0 Å². The van der Waals surface area contributed by atoms with Gasteiger partial charge in [-0.2, -0.15) is 5.10 Å². The number of para-hydroxylation sites is 1. The maximum Gasteiger partial charge on any atom is 0.245 e. The summed E-state index contributed by atoms with van der Waals surface area (Å²) in [7, 11) is 1.60. The molecule has 1 atom stereocenters. The third kappa shape index (κ3) is 4.03. The van der Waals surface area contributed by atoms with E-state index in [1.165, 1.54) is 0 Å². The lowest BCUT2D eigenvalue weighted by Crippen LogP contribution is -2.30. The van der Waals surface area contributed by atoms with Crippen molar-refractivity contribution in [3.8, 4) is 5.75 Å². The molecule has 6 nitrogen and oxygen atoms in total. The summed E-state index contributed by atoms with van der Waals surface area (Å²) in [5, 5.41) is 3.97. The van der Waals surface area contributed by atoms with Crippen molar-refractivity contribution in [1.29, 1.82) is 0 Å². The van der Waals surface area contributed by atoms with Crippen molar-refractivity contribution in [3.63, 3.8) is 0 Å². The van der Waals surface area contributed by atoms with Gasteiger partial charge in [-0.1, -0.05) is 18.2 Å². The summed E-state index contributed by atoms with van der Waals surface area (Å²) in [5.41, 5.74) is 4.17. The van der Waals surface area contributed by atoms with E-state index in [0.717, 1.165) is 17.0 Å². The highest BCUT2D eigenvalue weighted by molar-refractivity contribution is 6.00. The number of nitrogens with one attached hydrogen (secondary N) is 1. The van der Waals surface area contributed by atoms with Crippen LogP contribution in [0.15, 0.2) is 59.7 Å². The second kappa shape index (κ2) is 7.61. The Morgan fingerprint density at radius 3 is 2.60 bits per heavy atom. The number of hydrogen-bond donors (Lipinski definition) is 1. The van der Waals surface area contributed by atoms with Crippen molar-refractivity contribution in [2.24, 2.45) is 11.0 Å². The van der Waals surface area contributed by atoms with Gasteiger partial charge in [0.25, 0.3) is 0 Å². The van der Waals surface area contributed by atoms with Gasteiger partial charge in [0.15, 0.2) is 0 Å². The first-order chi connectivity index (χ1) is 12.2. The molecule has 2 amide bonds. The number of ether oxygens (including phenoxy) is 1. The lowest BCUT2D eigenvalue weighted by atomic mass is 10.1. The van der Waals surface area contributed by atoms with Crippen LogP contribution < -0.4 is 15.1 Å². The minimum absolute atomic E-state index is 0.0505. The van der Waals surface area contributed by atoms with E-state index in [0.29, 0.717) is 6.54 Å². The molecule has 0 radical (unpaired) electrons. The molecule has 1 saturated heterocycles. The third-order valence-corrected chi connectivity index (χ3v) is 4.07. The molecule has 2 aromatic rings. The highest BCUT2D eigenvalue weighted by Crippen LogP contribution is 2.24. The third-order valence-electron chi connectivity index (χ3n) is 4.07. The summed E-state index contributed by atoms with van der Waals surface area (Å²) in [5.74, 6) is 0.0504. The van der Waals surface area contributed by atoms with E-state index in [1.807, 2.05) is 54.6 Å². The van der Waals surface area contributed by atoms with Crippen molar-refractivity contribution in [1.82, 2.24) is 5.43 Å². The first-order valence-corrected chi connectivity index (χ1v) is 8.00. The fourth-order valence-electron chi connectivity index (χ4n) is 2.69. The molecular formula is C19H19N3O3. The highest BCUT2D eigenvalue weighted by Gasteiger charge is 2.34. The van der Waals surface area contributed by atoms with Crippen molar-refractivity contribution < 1.29 is 14.3 Å². The number of hydrazone groups is 1. The van der Waals surface area contributed by atoms with Gasteiger partial charge in [-0.3, -0.25) is 9.59 Å². The molecule has 1 aliphatic heterocycles. The van der Waals surface area contributed by atoms with E-state index in [-0.39, 0.29) is 18.2 Å². The van der Waals surface area contributed by atoms with Crippen molar-refractivity contribution in [3.05, 3.63) is 60.2 Å². The van der Waals surface area contributed by atoms with Gasteiger partial charge in [0.1, 0.15) is 5.75 Å². The van der Waals surface area contributed by atoms with Gasteiger partial charge in [0.2, 0.25) is 11.8 Å². The zero-order valence-corrected chi connectivity index (χ0v) is 13.9. The standard InChI is InChI=1S/C19H19N3O3/c1-25-17-9-7-14(8-10-17)12-20-21-19(24)15-11-18(23)22(13-15)16-5-3-2-4-6-16/h2-10,12,15H,11,13H2,1H3,(H,21,24)/b20-12+. The molecule has 1 unspecified atom stereocenters. The predicted octanol–water partition coefficient (Wildman–Crippen LogP) is 2.20. The predicted molar refractivity (Wildman–Crippen MR) is 95.6 cm³/mol. The molecule has 3 rings (SSSR count). The molecule has 1 aliphatic rings. The molecule has 0 bridgehead atoms. The average Bonchev–Trinajstić information content (AvgIpc) is 3.05. The Kier molecular flexibility index (Phi) is 5.09. The minimum atomic E-state index is -0.402. The average molecular weight is 337 g/mol. The minimum Gasteiger partial charge on any atom is -0.497 e. The zero-order valence-electron chi connectivity index (χ0n) is 13.9. The molecule has 0 spiro atoms. The summed E-state index contributed by atoms with van der Waals surface area (Å²) in [6, 6.07) is 16.7. The van der Waals surface area contributed by atoms with E-state index in [1.54, 1.807) is 18.2 Å². The topological polar surface area (TPSA) is 71.0 Å². The van der Waals surface area contributed by atoms with E-state index in [9.17, 15) is 9.59 Å². The number of carbonyl (C=O) groups excluding carboxylic acids is 2. The summed E-state index contributed by atoms with van der Waals surface area (Å²) < 4.78 is 5.09. The number of amides is 2. The number of carbonyl (C=O) groups is 2. The van der Waals surface area contributed by atoms with Crippen LogP contribution in [0.1, 0.15) is 12.0 Å². The van der Waals surface area contributed by atoms with E-state index in [2.05, 4.69) is 10.5 Å². The molecule has 1 fully saturated rings. The number of rotatable bonds is 5. The van der Waals surface area contributed by atoms with Crippen molar-refractivity contribution in [2.75, 3.05) is 18.6 Å². The molecule has 0 saturated carbocycles. The fourth-order valence-corrected chi connectivity index (χ4v) is 2.69. The van der Waals surface area contributed by atoms with Crippen LogP contribution in [0.2, 0.25) is 0 Å². The van der Waals surface area contributed by atoms with E-state index >= 15 is 0 Å². The van der Waals surface area contributed by atoms with Gasteiger partial charge in [-0.05, 0) is 42.0 Å². The summed E-state index contributed by atoms with van der Waals surface area (Å²) in [6.07, 6.45) is 1.75. The Labute approximate surface area is 146 Å². The molecule has 2 aromatic carbocycles. The summed E-state index contributed by atoms with van der Waals surface area (Å²) in [6.45, 7) is 0.368. The van der Waals surface area contributed by atoms with Gasteiger partial charge in [0, 0.05) is 18.7 Å². The molecule has 25 heavy (non-hydrogen) atoms. The van der Waals surface area contributed by atoms with Crippen molar-refractivity contribution in [2.45, 2.75) is 6.42 Å². The largest absolute Gasteiger partial charge is 0.497 e. The monoisotopic (exact) mass is 337 g/mol. The highest BCUT2D eigenvalue weighted by atomic mass is 16.5. The van der Waals surface area contributed by atoms with Crippen LogP contribution in [0.4, 0.5) is 5.69 Å². The quantitative estimate of drug-likeness (QED) is 0.672. The fraction of sp³-hybridized carbons (Fsp3) is 0.211. The zero-order chi connectivity index (χ0) is 17.6. The first kappa shape index (κ1) is 16.7. The Balaban J connectivity index is 1.56. The summed E-state index contributed by atoms with van der Waals surface area (Å²) >= 11 is 0. The molecule has 128 valence electrons. The second-order valence-electron chi connectivity index (χ2n) is 5.75. The van der Waals surface area contributed by atoms with Crippen LogP contribution in [0, 0.1) is 5.92 Å². The van der Waals surface area contributed by atoms with Crippen LogP contribution in [0.5, 0.6) is 5.75 Å². The second-order valence-corrected chi connectivity index (χ2v) is 5.75.